The standard InChI is InChI=1S/C22H23FN2O/c1-14(2)16-5-4-15(3)20(10-16)17-6-7-18(25-12-17)11-22(26)19-8-9-24-13-21(19)23/h6-9,12-13,16H,1,4-5,10-11H2,2-3H3/t16-/m0/s1. The summed E-state index contributed by atoms with van der Waals surface area (Å²) in [6.45, 7) is 8.37. The smallest absolute Gasteiger partial charge is 0.171 e. The number of carbonyl (C=O) groups excluding carboxylic acids is 1. The largest absolute Gasteiger partial charge is 0.294 e. The first-order valence-corrected chi connectivity index (χ1v) is 8.87. The molecule has 2 aromatic heterocycles. The Morgan fingerprint density at radius 1 is 1.31 bits per heavy atom. The highest BCUT2D eigenvalue weighted by Crippen LogP contribution is 2.37. The zero-order valence-electron chi connectivity index (χ0n) is 15.3. The molecule has 0 amide bonds. The Balaban J connectivity index is 1.75. The van der Waals surface area contributed by atoms with Gasteiger partial charge in [0.15, 0.2) is 11.6 Å². The molecule has 2 heterocycles. The average Bonchev–Trinajstić information content (AvgIpc) is 2.63. The number of nitrogens with zero attached hydrogens (tertiary/aromatic N) is 2. The quantitative estimate of drug-likeness (QED) is 0.550. The van der Waals surface area contributed by atoms with Crippen molar-refractivity contribution in [1.82, 2.24) is 9.97 Å². The van der Waals surface area contributed by atoms with Gasteiger partial charge in [0.05, 0.1) is 18.2 Å². The second-order valence-electron chi connectivity index (χ2n) is 7.04. The van der Waals surface area contributed by atoms with E-state index in [1.165, 1.54) is 29.0 Å². The minimum atomic E-state index is -0.594. The van der Waals surface area contributed by atoms with Crippen molar-refractivity contribution in [1.29, 1.82) is 0 Å². The fraction of sp³-hybridized carbons (Fsp3) is 0.318. The minimum absolute atomic E-state index is 0.0565. The van der Waals surface area contributed by atoms with Crippen molar-refractivity contribution in [3.63, 3.8) is 0 Å². The van der Waals surface area contributed by atoms with E-state index in [2.05, 4.69) is 30.4 Å². The van der Waals surface area contributed by atoms with Crippen molar-refractivity contribution in [2.24, 2.45) is 5.92 Å². The van der Waals surface area contributed by atoms with Crippen molar-refractivity contribution in [2.75, 3.05) is 0 Å². The lowest BCUT2D eigenvalue weighted by Gasteiger charge is -2.26. The molecular weight excluding hydrogens is 327 g/mol. The lowest BCUT2D eigenvalue weighted by Crippen LogP contribution is -2.11. The highest BCUT2D eigenvalue weighted by molar-refractivity contribution is 5.97. The minimum Gasteiger partial charge on any atom is -0.294 e. The van der Waals surface area contributed by atoms with Gasteiger partial charge in [-0.25, -0.2) is 4.39 Å². The zero-order chi connectivity index (χ0) is 18.7. The molecule has 0 unspecified atom stereocenters. The number of aromatic nitrogens is 2. The molecule has 0 bridgehead atoms. The highest BCUT2D eigenvalue weighted by Gasteiger charge is 2.21. The molecule has 0 aromatic carbocycles. The van der Waals surface area contributed by atoms with Crippen molar-refractivity contribution in [3.05, 3.63) is 77.2 Å². The van der Waals surface area contributed by atoms with Crippen molar-refractivity contribution < 1.29 is 9.18 Å². The van der Waals surface area contributed by atoms with Crippen LogP contribution in [-0.4, -0.2) is 15.8 Å². The summed E-state index contributed by atoms with van der Waals surface area (Å²) in [4.78, 5) is 20.4. The predicted octanol–water partition coefficient (Wildman–Crippen LogP) is 5.19. The van der Waals surface area contributed by atoms with Crippen LogP contribution in [0.3, 0.4) is 0 Å². The first-order valence-electron chi connectivity index (χ1n) is 8.87. The molecule has 4 heteroatoms. The molecule has 134 valence electrons. The van der Waals surface area contributed by atoms with Gasteiger partial charge in [0.1, 0.15) is 0 Å². The molecule has 0 radical (unpaired) electrons. The Hall–Kier alpha value is -2.62. The molecule has 2 aromatic rings. The van der Waals surface area contributed by atoms with Crippen LogP contribution < -0.4 is 0 Å². The first-order chi connectivity index (χ1) is 12.5. The molecule has 0 N–H and O–H groups in total. The Morgan fingerprint density at radius 3 is 2.77 bits per heavy atom. The van der Waals surface area contributed by atoms with E-state index in [9.17, 15) is 9.18 Å². The van der Waals surface area contributed by atoms with Gasteiger partial charge in [-0.1, -0.05) is 23.8 Å². The van der Waals surface area contributed by atoms with Crippen LogP contribution in [0.2, 0.25) is 0 Å². The normalized spacial score (nSPS) is 17.3. The number of allylic oxidation sites excluding steroid dienone is 3. The number of Topliss-reactive ketones (excluding diaryl/α,β-unsaturated/α-hetero) is 1. The van der Waals surface area contributed by atoms with Crippen LogP contribution in [0.15, 0.2) is 54.5 Å². The third-order valence-electron chi connectivity index (χ3n) is 5.12. The van der Waals surface area contributed by atoms with Gasteiger partial charge in [-0.15, -0.1) is 0 Å². The van der Waals surface area contributed by atoms with Gasteiger partial charge in [0, 0.05) is 18.1 Å². The fourth-order valence-electron chi connectivity index (χ4n) is 3.42. The Kier molecular flexibility index (Phi) is 5.40. The molecule has 1 aliphatic rings. The lowest BCUT2D eigenvalue weighted by atomic mass is 9.79. The van der Waals surface area contributed by atoms with Crippen LogP contribution in [0, 0.1) is 11.7 Å². The summed E-state index contributed by atoms with van der Waals surface area (Å²) in [5.74, 6) is -0.367. The fourth-order valence-corrected chi connectivity index (χ4v) is 3.42. The van der Waals surface area contributed by atoms with Gasteiger partial charge in [0.2, 0.25) is 0 Å². The molecule has 26 heavy (non-hydrogen) atoms. The van der Waals surface area contributed by atoms with E-state index < -0.39 is 5.82 Å². The third-order valence-corrected chi connectivity index (χ3v) is 5.12. The van der Waals surface area contributed by atoms with Gasteiger partial charge in [0.25, 0.3) is 0 Å². The lowest BCUT2D eigenvalue weighted by molar-refractivity contribution is 0.0988. The maximum Gasteiger partial charge on any atom is 0.171 e. The molecular formula is C22H23FN2O. The number of carbonyl (C=O) groups is 1. The van der Waals surface area contributed by atoms with Crippen LogP contribution in [0.1, 0.15) is 54.7 Å². The van der Waals surface area contributed by atoms with Crippen molar-refractivity contribution in [3.8, 4) is 0 Å². The number of ketones is 1. The SMILES string of the molecule is C=C(C)[C@H]1CCC(C)=C(c2ccc(CC(=O)c3ccncc3F)nc2)C1. The van der Waals surface area contributed by atoms with Gasteiger partial charge < -0.3 is 0 Å². The van der Waals surface area contributed by atoms with Gasteiger partial charge >= 0.3 is 0 Å². The van der Waals surface area contributed by atoms with Gasteiger partial charge in [-0.2, -0.15) is 0 Å². The Morgan fingerprint density at radius 2 is 2.12 bits per heavy atom. The number of hydrogen-bond donors (Lipinski definition) is 0. The Labute approximate surface area is 153 Å². The summed E-state index contributed by atoms with van der Waals surface area (Å²) in [6, 6.07) is 5.27. The molecule has 3 nitrogen and oxygen atoms in total. The summed E-state index contributed by atoms with van der Waals surface area (Å²) >= 11 is 0. The second kappa shape index (κ2) is 7.73. The molecule has 0 fully saturated rings. The maximum absolute atomic E-state index is 13.7. The van der Waals surface area contributed by atoms with E-state index in [0.717, 1.165) is 31.0 Å². The summed E-state index contributed by atoms with van der Waals surface area (Å²) in [5, 5.41) is 0. The molecule has 0 spiro atoms. The van der Waals surface area contributed by atoms with E-state index >= 15 is 0 Å². The van der Waals surface area contributed by atoms with Crippen LogP contribution in [-0.2, 0) is 6.42 Å². The first kappa shape index (κ1) is 18.2. The summed E-state index contributed by atoms with van der Waals surface area (Å²) in [7, 11) is 0. The van der Waals surface area contributed by atoms with Crippen molar-refractivity contribution in [2.45, 2.75) is 39.5 Å². The van der Waals surface area contributed by atoms with Gasteiger partial charge in [-0.3, -0.25) is 14.8 Å². The maximum atomic E-state index is 13.7. The molecule has 0 saturated carbocycles. The van der Waals surface area contributed by atoms with Crippen molar-refractivity contribution >= 4 is 11.4 Å². The summed E-state index contributed by atoms with van der Waals surface area (Å²) < 4.78 is 13.7. The number of hydrogen-bond acceptors (Lipinski definition) is 3. The Bertz CT molecular complexity index is 868. The number of halogens is 1. The summed E-state index contributed by atoms with van der Waals surface area (Å²) in [5.41, 5.74) is 5.74. The van der Waals surface area contributed by atoms with Gasteiger partial charge in [-0.05, 0) is 62.3 Å². The molecule has 0 aliphatic heterocycles. The predicted molar refractivity (Wildman–Crippen MR) is 101 cm³/mol. The molecule has 3 rings (SSSR count). The number of rotatable bonds is 5. The molecule has 0 saturated heterocycles. The average molecular weight is 350 g/mol. The topological polar surface area (TPSA) is 42.9 Å². The van der Waals surface area contributed by atoms with E-state index in [-0.39, 0.29) is 17.8 Å². The van der Waals surface area contributed by atoms with Crippen LogP contribution >= 0.6 is 0 Å². The molecule has 1 aliphatic carbocycles. The zero-order valence-corrected chi connectivity index (χ0v) is 15.3. The third kappa shape index (κ3) is 3.96. The highest BCUT2D eigenvalue weighted by atomic mass is 19.1. The van der Waals surface area contributed by atoms with E-state index in [1.807, 2.05) is 18.3 Å². The van der Waals surface area contributed by atoms with E-state index in [0.29, 0.717) is 11.6 Å². The van der Waals surface area contributed by atoms with E-state index in [1.54, 1.807) is 0 Å². The van der Waals surface area contributed by atoms with Crippen LogP contribution in [0.4, 0.5) is 4.39 Å². The number of pyridine rings is 2. The van der Waals surface area contributed by atoms with E-state index in [4.69, 9.17) is 0 Å². The monoisotopic (exact) mass is 350 g/mol. The van der Waals surface area contributed by atoms with Crippen LogP contribution in [0.25, 0.3) is 5.57 Å². The van der Waals surface area contributed by atoms with Crippen LogP contribution in [0.5, 0.6) is 0 Å². The second-order valence-corrected chi connectivity index (χ2v) is 7.04. The summed E-state index contributed by atoms with van der Waals surface area (Å²) in [6.07, 6.45) is 7.60. The molecule has 1 atom stereocenters.